The van der Waals surface area contributed by atoms with Gasteiger partial charge in [-0.3, -0.25) is 13.9 Å². The largest absolute Gasteiger partial charge is 0.492 e. The van der Waals surface area contributed by atoms with Crippen molar-refractivity contribution in [3.8, 4) is 5.75 Å². The molecule has 0 radical (unpaired) electrons. The number of carbonyl (C=O) groups excluding carboxylic acids is 2. The van der Waals surface area contributed by atoms with E-state index >= 15 is 0 Å². The molecular formula is C25H35N3O5S. The van der Waals surface area contributed by atoms with E-state index in [-0.39, 0.29) is 24.2 Å². The first-order valence-corrected chi connectivity index (χ1v) is 13.1. The van der Waals surface area contributed by atoms with Gasteiger partial charge in [0.1, 0.15) is 18.3 Å². The molecule has 1 N–H and O–H groups in total. The molecule has 0 saturated heterocycles. The Bertz CT molecular complexity index is 1100. The van der Waals surface area contributed by atoms with Crippen molar-refractivity contribution >= 4 is 27.5 Å². The zero-order valence-electron chi connectivity index (χ0n) is 20.7. The van der Waals surface area contributed by atoms with Gasteiger partial charge in [-0.2, -0.15) is 0 Å². The maximum atomic E-state index is 13.6. The van der Waals surface area contributed by atoms with Crippen LogP contribution in [0.5, 0.6) is 5.75 Å². The van der Waals surface area contributed by atoms with Crippen molar-refractivity contribution in [3.05, 3.63) is 59.7 Å². The number of carbonyl (C=O) groups is 2. The van der Waals surface area contributed by atoms with Gasteiger partial charge in [0.15, 0.2) is 0 Å². The molecule has 0 saturated carbocycles. The zero-order chi connectivity index (χ0) is 25.5. The molecule has 0 bridgehead atoms. The Balaban J connectivity index is 2.45. The second-order valence-electron chi connectivity index (χ2n) is 8.46. The fourth-order valence-electron chi connectivity index (χ4n) is 3.49. The Hall–Kier alpha value is -3.07. The molecule has 2 aromatic rings. The molecule has 2 aromatic carbocycles. The van der Waals surface area contributed by atoms with Gasteiger partial charge in [0.2, 0.25) is 21.8 Å². The van der Waals surface area contributed by atoms with Gasteiger partial charge in [-0.1, -0.05) is 36.4 Å². The normalized spacial score (nSPS) is 12.2. The lowest BCUT2D eigenvalue weighted by molar-refractivity contribution is -0.139. The van der Waals surface area contributed by atoms with Crippen molar-refractivity contribution in [2.45, 2.75) is 53.2 Å². The number of aryl methyl sites for hydroxylation is 1. The van der Waals surface area contributed by atoms with E-state index in [1.807, 2.05) is 45.0 Å². The van der Waals surface area contributed by atoms with Crippen molar-refractivity contribution < 1.29 is 22.7 Å². The number of ether oxygens (including phenoxy) is 1. The molecule has 0 aliphatic heterocycles. The van der Waals surface area contributed by atoms with Crippen LogP contribution in [0.4, 0.5) is 5.69 Å². The molecule has 9 heteroatoms. The van der Waals surface area contributed by atoms with Crippen LogP contribution >= 0.6 is 0 Å². The van der Waals surface area contributed by atoms with E-state index in [1.165, 1.54) is 4.90 Å². The Morgan fingerprint density at radius 3 is 2.24 bits per heavy atom. The third kappa shape index (κ3) is 7.21. The van der Waals surface area contributed by atoms with Gasteiger partial charge >= 0.3 is 0 Å². The molecular weight excluding hydrogens is 454 g/mol. The molecule has 0 aromatic heterocycles. The summed E-state index contributed by atoms with van der Waals surface area (Å²) in [4.78, 5) is 27.8. The SMILES string of the molecule is CCOc1ccccc1N(CC(=O)N(Cc1ccccc1C)[C@@H](C)C(=O)NC(C)C)S(C)(=O)=O. The zero-order valence-corrected chi connectivity index (χ0v) is 21.6. The van der Waals surface area contributed by atoms with E-state index in [2.05, 4.69) is 5.32 Å². The lowest BCUT2D eigenvalue weighted by atomic mass is 10.1. The average molecular weight is 490 g/mol. The minimum Gasteiger partial charge on any atom is -0.492 e. The topological polar surface area (TPSA) is 96.0 Å². The fourth-order valence-corrected chi connectivity index (χ4v) is 4.35. The summed E-state index contributed by atoms with van der Waals surface area (Å²) < 4.78 is 32.1. The van der Waals surface area contributed by atoms with E-state index in [1.54, 1.807) is 38.1 Å². The number of para-hydroxylation sites is 2. The molecule has 0 aliphatic rings. The number of sulfonamides is 1. The van der Waals surface area contributed by atoms with Gasteiger partial charge in [-0.05, 0) is 57.9 Å². The third-order valence-corrected chi connectivity index (χ3v) is 6.44. The minimum atomic E-state index is -3.83. The van der Waals surface area contributed by atoms with E-state index < -0.39 is 28.5 Å². The summed E-state index contributed by atoms with van der Waals surface area (Å²) in [5.41, 5.74) is 2.12. The summed E-state index contributed by atoms with van der Waals surface area (Å²) in [6, 6.07) is 13.4. The van der Waals surface area contributed by atoms with E-state index in [9.17, 15) is 18.0 Å². The summed E-state index contributed by atoms with van der Waals surface area (Å²) in [6.45, 7) is 9.10. The van der Waals surface area contributed by atoms with E-state index in [4.69, 9.17) is 4.74 Å². The van der Waals surface area contributed by atoms with Crippen LogP contribution in [0.15, 0.2) is 48.5 Å². The Morgan fingerprint density at radius 2 is 1.65 bits per heavy atom. The number of amides is 2. The lowest BCUT2D eigenvalue weighted by Crippen LogP contribution is -2.52. The average Bonchev–Trinajstić information content (AvgIpc) is 2.76. The minimum absolute atomic E-state index is 0.101. The molecule has 0 unspecified atom stereocenters. The summed E-state index contributed by atoms with van der Waals surface area (Å²) in [6.07, 6.45) is 1.05. The van der Waals surface area contributed by atoms with Crippen LogP contribution in [0.1, 0.15) is 38.8 Å². The van der Waals surface area contributed by atoms with E-state index in [0.717, 1.165) is 21.7 Å². The molecule has 0 spiro atoms. The highest BCUT2D eigenvalue weighted by atomic mass is 32.2. The number of anilines is 1. The number of hydrogen-bond donors (Lipinski definition) is 1. The lowest BCUT2D eigenvalue weighted by Gasteiger charge is -2.32. The van der Waals surface area contributed by atoms with Crippen molar-refractivity contribution in [1.82, 2.24) is 10.2 Å². The number of benzene rings is 2. The van der Waals surface area contributed by atoms with E-state index in [0.29, 0.717) is 12.4 Å². The quantitative estimate of drug-likeness (QED) is 0.523. The summed E-state index contributed by atoms with van der Waals surface area (Å²) >= 11 is 0. The molecule has 1 atom stereocenters. The number of rotatable bonds is 11. The predicted octanol–water partition coefficient (Wildman–Crippen LogP) is 3.10. The first-order chi connectivity index (χ1) is 16.0. The second-order valence-corrected chi connectivity index (χ2v) is 10.4. The number of nitrogens with one attached hydrogen (secondary N) is 1. The van der Waals surface area contributed by atoms with Crippen molar-refractivity contribution in [3.63, 3.8) is 0 Å². The molecule has 2 amide bonds. The van der Waals surface area contributed by atoms with Crippen LogP contribution in [0.3, 0.4) is 0 Å². The van der Waals surface area contributed by atoms with Crippen molar-refractivity contribution in [2.75, 3.05) is 23.7 Å². The van der Waals surface area contributed by atoms with Crippen LogP contribution in [-0.2, 0) is 26.2 Å². The van der Waals surface area contributed by atoms with Crippen LogP contribution in [0, 0.1) is 6.92 Å². The second kappa shape index (κ2) is 11.9. The highest BCUT2D eigenvalue weighted by molar-refractivity contribution is 7.92. The summed E-state index contributed by atoms with van der Waals surface area (Å²) in [5, 5.41) is 2.83. The van der Waals surface area contributed by atoms with Crippen LogP contribution in [-0.4, -0.2) is 56.6 Å². The Labute approximate surface area is 202 Å². The fraction of sp³-hybridized carbons (Fsp3) is 0.440. The van der Waals surface area contributed by atoms with Gasteiger partial charge in [-0.25, -0.2) is 8.42 Å². The smallest absolute Gasteiger partial charge is 0.244 e. The highest BCUT2D eigenvalue weighted by Crippen LogP contribution is 2.30. The Morgan fingerprint density at radius 1 is 1.03 bits per heavy atom. The highest BCUT2D eigenvalue weighted by Gasteiger charge is 2.31. The van der Waals surface area contributed by atoms with Gasteiger partial charge in [0.05, 0.1) is 18.6 Å². The molecule has 2 rings (SSSR count). The Kier molecular flexibility index (Phi) is 9.49. The first kappa shape index (κ1) is 27.2. The molecule has 186 valence electrons. The number of nitrogens with zero attached hydrogens (tertiary/aromatic N) is 2. The first-order valence-electron chi connectivity index (χ1n) is 11.3. The maximum Gasteiger partial charge on any atom is 0.244 e. The van der Waals surface area contributed by atoms with Gasteiger partial charge in [-0.15, -0.1) is 0 Å². The maximum absolute atomic E-state index is 13.6. The third-order valence-electron chi connectivity index (χ3n) is 5.31. The van der Waals surface area contributed by atoms with Gasteiger partial charge in [0.25, 0.3) is 0 Å². The van der Waals surface area contributed by atoms with Crippen LogP contribution in [0.25, 0.3) is 0 Å². The van der Waals surface area contributed by atoms with Crippen LogP contribution in [0.2, 0.25) is 0 Å². The summed E-state index contributed by atoms with van der Waals surface area (Å²) in [7, 11) is -3.83. The van der Waals surface area contributed by atoms with Crippen molar-refractivity contribution in [2.24, 2.45) is 0 Å². The predicted molar refractivity (Wildman–Crippen MR) is 134 cm³/mol. The molecule has 0 fully saturated rings. The van der Waals surface area contributed by atoms with Gasteiger partial charge < -0.3 is 15.0 Å². The molecule has 0 aliphatic carbocycles. The van der Waals surface area contributed by atoms with Crippen molar-refractivity contribution in [1.29, 1.82) is 0 Å². The standard InChI is InChI=1S/C25H35N3O5S/c1-7-33-23-15-11-10-14-22(23)28(34(6,31)32)17-24(29)27(20(5)25(30)26-18(2)3)16-21-13-9-8-12-19(21)4/h8-15,18,20H,7,16-17H2,1-6H3,(H,26,30)/t20-/m0/s1. The van der Waals surface area contributed by atoms with Gasteiger partial charge in [0, 0.05) is 12.6 Å². The molecule has 0 heterocycles. The monoisotopic (exact) mass is 489 g/mol. The molecule has 34 heavy (non-hydrogen) atoms. The van der Waals surface area contributed by atoms with Crippen LogP contribution < -0.4 is 14.4 Å². The molecule has 8 nitrogen and oxygen atoms in total. The summed E-state index contributed by atoms with van der Waals surface area (Å²) in [5.74, 6) is -0.441. The number of hydrogen-bond acceptors (Lipinski definition) is 5.